The Morgan fingerprint density at radius 1 is 1.43 bits per heavy atom. The molecule has 1 aromatic carbocycles. The molecule has 1 saturated heterocycles. The minimum Gasteiger partial charge on any atom is -0.377 e. The van der Waals surface area contributed by atoms with Gasteiger partial charge in [0.2, 0.25) is 0 Å². The lowest BCUT2D eigenvalue weighted by molar-refractivity contribution is -0.758. The van der Waals surface area contributed by atoms with Crippen molar-refractivity contribution in [3.63, 3.8) is 0 Å². The lowest BCUT2D eigenvalue weighted by atomic mass is 10.1. The highest BCUT2D eigenvalue weighted by molar-refractivity contribution is 7.85. The van der Waals surface area contributed by atoms with E-state index in [-0.39, 0.29) is 24.1 Å². The van der Waals surface area contributed by atoms with Gasteiger partial charge in [-0.15, -0.1) is 10.1 Å². The van der Waals surface area contributed by atoms with E-state index < -0.39 is 15.9 Å². The Bertz CT molecular complexity index is 497. The van der Waals surface area contributed by atoms with Crippen molar-refractivity contribution in [1.29, 1.82) is 0 Å². The predicted octanol–water partition coefficient (Wildman–Crippen LogP) is 1.17. The van der Waals surface area contributed by atoms with Crippen LogP contribution in [0.25, 0.3) is 0 Å². The van der Waals surface area contributed by atoms with Crippen molar-refractivity contribution in [2.45, 2.75) is 28.8 Å². The molecule has 0 spiro atoms. The molecular weight excluding hydrogens is 298 g/mol. The highest BCUT2D eigenvalue weighted by Crippen LogP contribution is 2.27. The van der Waals surface area contributed by atoms with Crippen LogP contribution in [-0.4, -0.2) is 47.1 Å². The van der Waals surface area contributed by atoms with Crippen molar-refractivity contribution >= 4 is 10.8 Å². The third-order valence-electron chi connectivity index (χ3n) is 3.33. The monoisotopic (exact) mass is 315 g/mol. The van der Waals surface area contributed by atoms with Gasteiger partial charge in [-0.3, -0.25) is 4.21 Å². The van der Waals surface area contributed by atoms with Gasteiger partial charge in [0.15, 0.2) is 0 Å². The van der Waals surface area contributed by atoms with Crippen LogP contribution < -0.4 is 0 Å². The van der Waals surface area contributed by atoms with Gasteiger partial charge in [-0.25, -0.2) is 0 Å². The van der Waals surface area contributed by atoms with Crippen LogP contribution in [0, 0.1) is 10.1 Å². The molecule has 8 heteroatoms. The van der Waals surface area contributed by atoms with Crippen LogP contribution in [0.1, 0.15) is 6.42 Å². The quantitative estimate of drug-likeness (QED) is 0.554. The molecule has 1 unspecified atom stereocenters. The van der Waals surface area contributed by atoms with Crippen LogP contribution in [0.3, 0.4) is 0 Å². The summed E-state index contributed by atoms with van der Waals surface area (Å²) in [6.07, 6.45) is -0.406. The topological polar surface area (TPSA) is 87.9 Å². The molecule has 0 amide bonds. The molecule has 21 heavy (non-hydrogen) atoms. The standard InChI is InChI=1S/C13H17NO6S/c1-18-13-11(7-8-20-14(15)16)19-9-12(13)21(17)10-5-3-2-4-6-10/h2-6,11-13H,7-9H2,1H3/t11-,12+,13-,21?/m1/s1. The Hall–Kier alpha value is -1.51. The zero-order chi connectivity index (χ0) is 15.2. The minimum absolute atomic E-state index is 0.0672. The molecule has 1 aliphatic heterocycles. The van der Waals surface area contributed by atoms with E-state index in [0.717, 1.165) is 4.90 Å². The molecule has 0 radical (unpaired) electrons. The zero-order valence-corrected chi connectivity index (χ0v) is 12.4. The molecule has 2 rings (SSSR count). The molecule has 0 bridgehead atoms. The second kappa shape index (κ2) is 7.48. The Morgan fingerprint density at radius 2 is 2.14 bits per heavy atom. The maximum atomic E-state index is 12.6. The molecule has 0 saturated carbocycles. The predicted molar refractivity (Wildman–Crippen MR) is 74.7 cm³/mol. The van der Waals surface area contributed by atoms with Gasteiger partial charge in [-0.1, -0.05) is 18.2 Å². The van der Waals surface area contributed by atoms with Crippen molar-refractivity contribution in [3.05, 3.63) is 40.4 Å². The fourth-order valence-corrected chi connectivity index (χ4v) is 3.86. The first kappa shape index (κ1) is 15.9. The van der Waals surface area contributed by atoms with E-state index in [1.807, 2.05) is 18.2 Å². The molecule has 1 heterocycles. The third-order valence-corrected chi connectivity index (χ3v) is 5.02. The summed E-state index contributed by atoms with van der Waals surface area (Å²) in [4.78, 5) is 15.2. The van der Waals surface area contributed by atoms with Gasteiger partial charge in [0.25, 0.3) is 5.09 Å². The van der Waals surface area contributed by atoms with Gasteiger partial charge in [-0.2, -0.15) is 0 Å². The molecule has 1 aromatic rings. The molecule has 0 N–H and O–H groups in total. The van der Waals surface area contributed by atoms with Crippen molar-refractivity contribution in [1.82, 2.24) is 0 Å². The van der Waals surface area contributed by atoms with Gasteiger partial charge in [0.05, 0.1) is 35.4 Å². The third kappa shape index (κ3) is 3.99. The summed E-state index contributed by atoms with van der Waals surface area (Å²) in [6, 6.07) is 9.11. The molecule has 1 aliphatic rings. The average molecular weight is 315 g/mol. The lowest BCUT2D eigenvalue weighted by Gasteiger charge is -2.20. The average Bonchev–Trinajstić information content (AvgIpc) is 2.90. The maximum Gasteiger partial charge on any atom is 0.294 e. The summed E-state index contributed by atoms with van der Waals surface area (Å²) in [6.45, 7) is 0.228. The van der Waals surface area contributed by atoms with E-state index in [9.17, 15) is 14.3 Å². The lowest BCUT2D eigenvalue weighted by Crippen LogP contribution is -2.35. The van der Waals surface area contributed by atoms with Gasteiger partial charge in [0, 0.05) is 12.0 Å². The Labute approximate surface area is 124 Å². The van der Waals surface area contributed by atoms with Crippen LogP contribution in [0.2, 0.25) is 0 Å². The first-order valence-corrected chi connectivity index (χ1v) is 7.72. The fraction of sp³-hybridized carbons (Fsp3) is 0.538. The second-order valence-electron chi connectivity index (χ2n) is 4.57. The Balaban J connectivity index is 1.98. The van der Waals surface area contributed by atoms with Gasteiger partial charge in [0.1, 0.15) is 6.10 Å². The van der Waals surface area contributed by atoms with Crippen LogP contribution in [0.5, 0.6) is 0 Å². The van der Waals surface area contributed by atoms with E-state index in [2.05, 4.69) is 4.84 Å². The van der Waals surface area contributed by atoms with Crippen LogP contribution in [0.4, 0.5) is 0 Å². The van der Waals surface area contributed by atoms with E-state index >= 15 is 0 Å². The summed E-state index contributed by atoms with van der Waals surface area (Å²) < 4.78 is 23.5. The molecule has 7 nitrogen and oxygen atoms in total. The number of ether oxygens (including phenoxy) is 2. The van der Waals surface area contributed by atoms with Crippen molar-refractivity contribution in [2.75, 3.05) is 20.3 Å². The number of nitrogens with zero attached hydrogens (tertiary/aromatic N) is 1. The SMILES string of the molecule is CO[C@@H]1[C@@H](CCO[N+](=O)[O-])OC[C@@H]1S(=O)c1ccccc1. The molecule has 0 aromatic heterocycles. The van der Waals surface area contributed by atoms with Crippen molar-refractivity contribution in [3.8, 4) is 0 Å². The van der Waals surface area contributed by atoms with E-state index in [4.69, 9.17) is 9.47 Å². The zero-order valence-electron chi connectivity index (χ0n) is 11.5. The Morgan fingerprint density at radius 3 is 2.76 bits per heavy atom. The van der Waals surface area contributed by atoms with Crippen LogP contribution in [-0.2, 0) is 25.1 Å². The normalized spacial score (nSPS) is 26.4. The second-order valence-corrected chi connectivity index (χ2v) is 6.24. The maximum absolute atomic E-state index is 12.6. The highest BCUT2D eigenvalue weighted by atomic mass is 32.2. The fourth-order valence-electron chi connectivity index (χ4n) is 2.36. The van der Waals surface area contributed by atoms with E-state index in [1.54, 1.807) is 12.1 Å². The first-order valence-electron chi connectivity index (χ1n) is 6.51. The van der Waals surface area contributed by atoms with Crippen molar-refractivity contribution < 1.29 is 23.6 Å². The number of hydrogen-bond acceptors (Lipinski definition) is 6. The van der Waals surface area contributed by atoms with Gasteiger partial charge >= 0.3 is 0 Å². The highest BCUT2D eigenvalue weighted by Gasteiger charge is 2.41. The summed E-state index contributed by atoms with van der Waals surface area (Å²) in [5.74, 6) is 0. The van der Waals surface area contributed by atoms with Gasteiger partial charge < -0.3 is 14.3 Å². The number of methoxy groups -OCH3 is 1. The van der Waals surface area contributed by atoms with Crippen molar-refractivity contribution in [2.24, 2.45) is 0 Å². The number of benzene rings is 1. The van der Waals surface area contributed by atoms with E-state index in [1.165, 1.54) is 7.11 Å². The Kier molecular flexibility index (Phi) is 5.66. The van der Waals surface area contributed by atoms with Crippen LogP contribution >= 0.6 is 0 Å². The van der Waals surface area contributed by atoms with Gasteiger partial charge in [-0.05, 0) is 18.6 Å². The number of hydrogen-bond donors (Lipinski definition) is 0. The minimum atomic E-state index is -1.25. The summed E-state index contributed by atoms with van der Waals surface area (Å²) >= 11 is 0. The summed E-state index contributed by atoms with van der Waals surface area (Å²) in [5, 5.41) is 9.01. The molecule has 116 valence electrons. The molecule has 1 fully saturated rings. The summed E-state index contributed by atoms with van der Waals surface area (Å²) in [5.41, 5.74) is 0. The smallest absolute Gasteiger partial charge is 0.294 e. The van der Waals surface area contributed by atoms with Crippen LogP contribution in [0.15, 0.2) is 35.2 Å². The largest absolute Gasteiger partial charge is 0.377 e. The molecule has 4 atom stereocenters. The molecular formula is C13H17NO6S. The van der Waals surface area contributed by atoms with E-state index in [0.29, 0.717) is 13.0 Å². The number of rotatable bonds is 7. The molecule has 0 aliphatic carbocycles. The first-order chi connectivity index (χ1) is 10.1. The summed E-state index contributed by atoms with van der Waals surface area (Å²) in [7, 11) is 0.275.